The van der Waals surface area contributed by atoms with Crippen molar-refractivity contribution in [3.05, 3.63) is 40.9 Å². The summed E-state index contributed by atoms with van der Waals surface area (Å²) < 4.78 is 6.22. The third-order valence-electron chi connectivity index (χ3n) is 2.19. The Hall–Kier alpha value is -1.75. The second kappa shape index (κ2) is 5.05. The normalized spacial score (nSPS) is 10.0. The van der Waals surface area contributed by atoms with E-state index >= 15 is 0 Å². The quantitative estimate of drug-likeness (QED) is 0.912. The lowest BCUT2D eigenvalue weighted by Gasteiger charge is -2.11. The number of benzene rings is 1. The highest BCUT2D eigenvalue weighted by Gasteiger charge is 2.04. The van der Waals surface area contributed by atoms with Crippen molar-refractivity contribution in [2.24, 2.45) is 0 Å². The van der Waals surface area contributed by atoms with Crippen molar-refractivity contribution in [3.63, 3.8) is 0 Å². The topological polar surface area (TPSA) is 60.2 Å². The summed E-state index contributed by atoms with van der Waals surface area (Å²) in [6, 6.07) is 11.1. The van der Waals surface area contributed by atoms with Crippen LogP contribution in [-0.4, -0.2) is 12.1 Å². The van der Waals surface area contributed by atoms with Crippen LogP contribution in [0.25, 0.3) is 0 Å². The molecule has 0 bridgehead atoms. The van der Waals surface area contributed by atoms with E-state index in [1.807, 2.05) is 30.3 Å². The third kappa shape index (κ3) is 2.88. The molecule has 0 radical (unpaired) electrons. The molecule has 17 heavy (non-hydrogen) atoms. The molecule has 0 aliphatic rings. The van der Waals surface area contributed by atoms with Crippen LogP contribution in [0.2, 0.25) is 0 Å². The Kier molecular flexibility index (Phi) is 3.49. The van der Waals surface area contributed by atoms with Gasteiger partial charge in [0.05, 0.1) is 12.8 Å². The molecule has 5 heteroatoms. The first-order valence-corrected chi connectivity index (χ1v) is 5.81. The zero-order valence-electron chi connectivity index (χ0n) is 9.27. The first kappa shape index (κ1) is 11.7. The summed E-state index contributed by atoms with van der Waals surface area (Å²) in [5.41, 5.74) is 6.45. The lowest BCUT2D eigenvalue weighted by atomic mass is 10.3. The number of hydrogen-bond donors (Lipinski definition) is 2. The van der Waals surface area contributed by atoms with Gasteiger partial charge in [0.2, 0.25) is 0 Å². The van der Waals surface area contributed by atoms with Gasteiger partial charge in [0.1, 0.15) is 17.4 Å². The summed E-state index contributed by atoms with van der Waals surface area (Å²) in [7, 11) is 1.63. The van der Waals surface area contributed by atoms with Crippen LogP contribution >= 0.6 is 15.9 Å². The van der Waals surface area contributed by atoms with Crippen molar-refractivity contribution < 1.29 is 4.74 Å². The summed E-state index contributed by atoms with van der Waals surface area (Å²) in [6.45, 7) is 0. The first-order valence-electron chi connectivity index (χ1n) is 5.02. The summed E-state index contributed by atoms with van der Waals surface area (Å²) >= 11 is 3.41. The summed E-state index contributed by atoms with van der Waals surface area (Å²) in [5.74, 6) is 1.91. The molecule has 0 amide bonds. The Labute approximate surface area is 108 Å². The van der Waals surface area contributed by atoms with Gasteiger partial charge in [-0.2, -0.15) is 0 Å². The second-order valence-electron chi connectivity index (χ2n) is 3.42. The van der Waals surface area contributed by atoms with Gasteiger partial charge in [-0.3, -0.25) is 0 Å². The van der Waals surface area contributed by atoms with Crippen LogP contribution in [0.4, 0.5) is 17.3 Å². The molecule has 2 rings (SSSR count). The number of anilines is 3. The first-order chi connectivity index (χ1) is 8.19. The zero-order chi connectivity index (χ0) is 12.3. The Morgan fingerprint density at radius 2 is 2.12 bits per heavy atom. The van der Waals surface area contributed by atoms with Gasteiger partial charge in [0.25, 0.3) is 0 Å². The van der Waals surface area contributed by atoms with E-state index in [1.165, 1.54) is 0 Å². The number of rotatable bonds is 3. The van der Waals surface area contributed by atoms with Gasteiger partial charge in [0.15, 0.2) is 0 Å². The van der Waals surface area contributed by atoms with E-state index in [0.717, 1.165) is 15.9 Å². The van der Waals surface area contributed by atoms with Crippen molar-refractivity contribution in [1.29, 1.82) is 0 Å². The number of methoxy groups -OCH3 is 1. The lowest BCUT2D eigenvalue weighted by molar-refractivity contribution is 0.416. The Balaban J connectivity index is 2.32. The number of nitrogens with zero attached hydrogens (tertiary/aromatic N) is 1. The minimum Gasteiger partial charge on any atom is -0.495 e. The Morgan fingerprint density at radius 3 is 2.82 bits per heavy atom. The van der Waals surface area contributed by atoms with Crippen LogP contribution in [-0.2, 0) is 0 Å². The van der Waals surface area contributed by atoms with E-state index in [1.54, 1.807) is 13.2 Å². The molecule has 4 nitrogen and oxygen atoms in total. The number of nitrogen functional groups attached to an aromatic ring is 1. The monoisotopic (exact) mass is 293 g/mol. The Bertz CT molecular complexity index is 531. The molecule has 0 unspecified atom stereocenters. The van der Waals surface area contributed by atoms with Crippen LogP contribution < -0.4 is 15.8 Å². The number of pyridine rings is 1. The number of nitrogens with one attached hydrogen (secondary N) is 1. The molecule has 1 heterocycles. The van der Waals surface area contributed by atoms with Gasteiger partial charge in [-0.05, 0) is 30.3 Å². The largest absolute Gasteiger partial charge is 0.495 e. The number of aromatic nitrogens is 1. The van der Waals surface area contributed by atoms with E-state index in [0.29, 0.717) is 11.6 Å². The molecule has 1 aromatic carbocycles. The van der Waals surface area contributed by atoms with E-state index < -0.39 is 0 Å². The molecule has 0 fully saturated rings. The molecule has 3 N–H and O–H groups in total. The standard InChI is InChI=1S/C12H12BrN3O/c1-17-10-6-5-8(13)7-9(10)15-12-4-2-3-11(14)16-12/h2-7H,1H3,(H3,14,15,16). The molecule has 0 aliphatic carbocycles. The van der Waals surface area contributed by atoms with Gasteiger partial charge in [-0.25, -0.2) is 4.98 Å². The molecular formula is C12H12BrN3O. The summed E-state index contributed by atoms with van der Waals surface area (Å²) in [4.78, 5) is 4.17. The number of halogens is 1. The van der Waals surface area contributed by atoms with E-state index in [4.69, 9.17) is 10.5 Å². The predicted octanol–water partition coefficient (Wildman–Crippen LogP) is 3.18. The van der Waals surface area contributed by atoms with Crippen molar-refractivity contribution in [1.82, 2.24) is 4.98 Å². The van der Waals surface area contributed by atoms with Crippen molar-refractivity contribution in [2.75, 3.05) is 18.2 Å². The molecule has 2 aromatic rings. The highest BCUT2D eigenvalue weighted by atomic mass is 79.9. The average Bonchev–Trinajstić information content (AvgIpc) is 2.29. The number of ether oxygens (including phenoxy) is 1. The average molecular weight is 294 g/mol. The highest BCUT2D eigenvalue weighted by molar-refractivity contribution is 9.10. The SMILES string of the molecule is COc1ccc(Br)cc1Nc1cccc(N)n1. The second-order valence-corrected chi connectivity index (χ2v) is 4.33. The minimum atomic E-state index is 0.476. The van der Waals surface area contributed by atoms with Crippen LogP contribution in [0, 0.1) is 0 Å². The molecule has 1 aromatic heterocycles. The van der Waals surface area contributed by atoms with E-state index in [2.05, 4.69) is 26.2 Å². The number of hydrogen-bond acceptors (Lipinski definition) is 4. The molecular weight excluding hydrogens is 282 g/mol. The van der Waals surface area contributed by atoms with E-state index in [-0.39, 0.29) is 0 Å². The smallest absolute Gasteiger partial charge is 0.142 e. The van der Waals surface area contributed by atoms with Crippen molar-refractivity contribution in [2.45, 2.75) is 0 Å². The maximum Gasteiger partial charge on any atom is 0.142 e. The van der Waals surface area contributed by atoms with Gasteiger partial charge in [0, 0.05) is 4.47 Å². The van der Waals surface area contributed by atoms with E-state index in [9.17, 15) is 0 Å². The molecule has 0 atom stereocenters. The maximum absolute atomic E-state index is 5.62. The zero-order valence-corrected chi connectivity index (χ0v) is 10.9. The van der Waals surface area contributed by atoms with Crippen LogP contribution in [0.15, 0.2) is 40.9 Å². The fraction of sp³-hybridized carbons (Fsp3) is 0.0833. The third-order valence-corrected chi connectivity index (χ3v) is 2.69. The number of nitrogens with two attached hydrogens (primary N) is 1. The minimum absolute atomic E-state index is 0.476. The molecule has 88 valence electrons. The van der Waals surface area contributed by atoms with Crippen molar-refractivity contribution >= 4 is 33.3 Å². The predicted molar refractivity (Wildman–Crippen MR) is 72.6 cm³/mol. The van der Waals surface area contributed by atoms with Crippen molar-refractivity contribution in [3.8, 4) is 5.75 Å². The molecule has 0 aliphatic heterocycles. The van der Waals surface area contributed by atoms with Gasteiger partial charge in [-0.15, -0.1) is 0 Å². The summed E-state index contributed by atoms with van der Waals surface area (Å²) in [6.07, 6.45) is 0. The van der Waals surface area contributed by atoms with Crippen LogP contribution in [0.3, 0.4) is 0 Å². The molecule has 0 saturated heterocycles. The van der Waals surface area contributed by atoms with Crippen LogP contribution in [0.1, 0.15) is 0 Å². The lowest BCUT2D eigenvalue weighted by Crippen LogP contribution is -1.98. The fourth-order valence-electron chi connectivity index (χ4n) is 1.44. The Morgan fingerprint density at radius 1 is 1.29 bits per heavy atom. The maximum atomic E-state index is 5.62. The molecule has 0 saturated carbocycles. The van der Waals surface area contributed by atoms with Gasteiger partial charge < -0.3 is 15.8 Å². The van der Waals surface area contributed by atoms with Crippen LogP contribution in [0.5, 0.6) is 5.75 Å². The highest BCUT2D eigenvalue weighted by Crippen LogP contribution is 2.30. The fourth-order valence-corrected chi connectivity index (χ4v) is 1.80. The molecule has 0 spiro atoms. The summed E-state index contributed by atoms with van der Waals surface area (Å²) in [5, 5.41) is 3.16. The van der Waals surface area contributed by atoms with Gasteiger partial charge >= 0.3 is 0 Å². The van der Waals surface area contributed by atoms with Gasteiger partial charge in [-0.1, -0.05) is 22.0 Å².